The summed E-state index contributed by atoms with van der Waals surface area (Å²) in [5, 5.41) is 22.0. The third kappa shape index (κ3) is 4.18. The van der Waals surface area contributed by atoms with Gasteiger partial charge in [0.15, 0.2) is 0 Å². The maximum Gasteiger partial charge on any atom is 0.273 e. The number of carbonyl (C=O) groups excluding carboxylic acids is 1. The normalized spacial score (nSPS) is 22.6. The van der Waals surface area contributed by atoms with Crippen molar-refractivity contribution in [1.82, 2.24) is 20.3 Å². The fraction of sp³-hybridized carbons (Fsp3) is 0.455. The molecule has 31 heavy (non-hydrogen) atoms. The quantitative estimate of drug-likeness (QED) is 0.471. The molecule has 2 aliphatic heterocycles. The lowest BCUT2D eigenvalue weighted by atomic mass is 9.97. The van der Waals surface area contributed by atoms with Crippen LogP contribution in [-0.2, 0) is 4.79 Å². The summed E-state index contributed by atoms with van der Waals surface area (Å²) in [5.74, 6) is -0.344. The predicted octanol–water partition coefficient (Wildman–Crippen LogP) is 2.30. The highest BCUT2D eigenvalue weighted by Crippen LogP contribution is 2.32. The van der Waals surface area contributed by atoms with Crippen LogP contribution in [0.5, 0.6) is 0 Å². The molecule has 2 aromatic heterocycles. The summed E-state index contributed by atoms with van der Waals surface area (Å²) in [6.45, 7) is 7.62. The topological polar surface area (TPSA) is 135 Å². The van der Waals surface area contributed by atoms with E-state index in [4.69, 9.17) is 16.2 Å². The molecular weight excluding hydrogens is 392 g/mol. The Balaban J connectivity index is 1.49. The van der Waals surface area contributed by atoms with E-state index in [0.717, 1.165) is 42.7 Å². The van der Waals surface area contributed by atoms with Crippen LogP contribution in [0, 0.1) is 5.41 Å². The number of nitrogens with zero attached hydrogens (tertiary/aromatic N) is 3. The van der Waals surface area contributed by atoms with E-state index >= 15 is 0 Å². The molecule has 4 heterocycles. The van der Waals surface area contributed by atoms with Gasteiger partial charge in [-0.3, -0.25) is 15.2 Å². The van der Waals surface area contributed by atoms with E-state index in [0.29, 0.717) is 23.0 Å². The minimum absolute atomic E-state index is 0.149. The monoisotopic (exact) mass is 422 g/mol. The molecule has 0 aliphatic carbocycles. The number of aromatic nitrogens is 2. The van der Waals surface area contributed by atoms with Crippen molar-refractivity contribution in [1.29, 1.82) is 5.41 Å². The molecule has 0 spiro atoms. The van der Waals surface area contributed by atoms with Gasteiger partial charge in [-0.2, -0.15) is 5.10 Å². The van der Waals surface area contributed by atoms with Crippen LogP contribution >= 0.6 is 0 Å². The lowest BCUT2D eigenvalue weighted by molar-refractivity contribution is -0.110. The number of nitrogens with two attached hydrogens (primary N) is 1. The smallest absolute Gasteiger partial charge is 0.273 e. The number of anilines is 1. The summed E-state index contributed by atoms with van der Waals surface area (Å²) in [6.07, 6.45) is 5.83. The molecule has 6 N–H and O–H groups in total. The van der Waals surface area contributed by atoms with E-state index in [1.165, 1.54) is 0 Å². The molecule has 164 valence electrons. The number of hydrazone groups is 1. The van der Waals surface area contributed by atoms with E-state index in [9.17, 15) is 4.79 Å². The Morgan fingerprint density at radius 1 is 1.29 bits per heavy atom. The molecule has 1 fully saturated rings. The maximum absolute atomic E-state index is 12.3. The first-order valence-electron chi connectivity index (χ1n) is 10.7. The number of piperidine rings is 1. The molecule has 0 radical (unpaired) electrons. The van der Waals surface area contributed by atoms with Crippen LogP contribution in [0.1, 0.15) is 45.2 Å². The van der Waals surface area contributed by atoms with Crippen LogP contribution in [0.4, 0.5) is 5.69 Å². The predicted molar refractivity (Wildman–Crippen MR) is 123 cm³/mol. The highest BCUT2D eigenvalue weighted by Gasteiger charge is 2.34. The largest absolute Gasteiger partial charge is 0.402 e. The van der Waals surface area contributed by atoms with Crippen LogP contribution in [0.3, 0.4) is 0 Å². The van der Waals surface area contributed by atoms with Crippen molar-refractivity contribution in [3.63, 3.8) is 0 Å². The summed E-state index contributed by atoms with van der Waals surface area (Å²) in [4.78, 5) is 20.2. The van der Waals surface area contributed by atoms with Crippen molar-refractivity contribution in [3.8, 4) is 0 Å². The van der Waals surface area contributed by atoms with Crippen molar-refractivity contribution in [2.75, 3.05) is 18.4 Å². The molecule has 1 saturated heterocycles. The molecule has 2 atom stereocenters. The minimum atomic E-state index is -0.506. The number of hydrogen-bond acceptors (Lipinski definition) is 7. The first-order valence-corrected chi connectivity index (χ1v) is 10.7. The van der Waals surface area contributed by atoms with Gasteiger partial charge in [-0.25, -0.2) is 4.98 Å². The number of rotatable bonds is 5. The molecule has 0 saturated carbocycles. The fourth-order valence-corrected chi connectivity index (χ4v) is 4.23. The molecule has 2 unspecified atom stereocenters. The Morgan fingerprint density at radius 2 is 2.03 bits per heavy atom. The zero-order chi connectivity index (χ0) is 22.1. The molecule has 2 aliphatic rings. The van der Waals surface area contributed by atoms with E-state index in [1.54, 1.807) is 20.0 Å². The zero-order valence-electron chi connectivity index (χ0n) is 18.2. The van der Waals surface area contributed by atoms with Gasteiger partial charge in [0.05, 0.1) is 23.8 Å². The lowest BCUT2D eigenvalue weighted by Crippen LogP contribution is -2.43. The van der Waals surface area contributed by atoms with Crippen molar-refractivity contribution in [2.45, 2.75) is 51.6 Å². The molecule has 9 heteroatoms. The Bertz CT molecular complexity index is 1060. The lowest BCUT2D eigenvalue weighted by Gasteiger charge is -2.34. The second-order valence-corrected chi connectivity index (χ2v) is 8.42. The van der Waals surface area contributed by atoms with E-state index in [-0.39, 0.29) is 17.7 Å². The van der Waals surface area contributed by atoms with Gasteiger partial charge >= 0.3 is 0 Å². The third-order valence-electron chi connectivity index (χ3n) is 6.28. The molecule has 1 amide bonds. The maximum atomic E-state index is 12.3. The minimum Gasteiger partial charge on any atom is -0.402 e. The molecule has 0 bridgehead atoms. The molecule has 4 rings (SSSR count). The first kappa shape index (κ1) is 21.0. The standard InChI is InChI=1S/C22H30N8O/c1-12(13(2)23)20(24)22(31)28-16-8-15-9-19(29-21(15)26-10-16)18-11-27-30(14(18)3)17-4-6-25-7-5-17/h8-11,14,17-18,24-25H,4-7,23H2,1-3H3,(H,26,29)(H,28,31)/b13-12-,24-20?. The fourth-order valence-electron chi connectivity index (χ4n) is 4.23. The second kappa shape index (κ2) is 8.50. The number of fused-ring (bicyclic) bond motifs is 1. The van der Waals surface area contributed by atoms with Gasteiger partial charge < -0.3 is 21.4 Å². The molecular formula is C22H30N8O. The van der Waals surface area contributed by atoms with Gasteiger partial charge in [-0.05, 0) is 64.4 Å². The number of amides is 1. The van der Waals surface area contributed by atoms with Crippen molar-refractivity contribution in [2.24, 2.45) is 10.8 Å². The Labute approximate surface area is 181 Å². The van der Waals surface area contributed by atoms with Gasteiger partial charge in [0.1, 0.15) is 11.4 Å². The average molecular weight is 423 g/mol. The highest BCUT2D eigenvalue weighted by atomic mass is 16.1. The second-order valence-electron chi connectivity index (χ2n) is 8.42. The summed E-state index contributed by atoms with van der Waals surface area (Å²) >= 11 is 0. The Morgan fingerprint density at radius 3 is 2.74 bits per heavy atom. The SMILES string of the molecule is C/C(N)=C(\C)C(=N)C(=O)Nc1cnc2[nH]c(C3C=NN(C4CCNCC4)C3C)cc2c1. The number of pyridine rings is 1. The van der Waals surface area contributed by atoms with E-state index in [2.05, 4.69) is 38.6 Å². The number of H-pyrrole nitrogens is 1. The third-order valence-corrected chi connectivity index (χ3v) is 6.28. The van der Waals surface area contributed by atoms with Crippen LogP contribution in [-0.4, -0.2) is 58.0 Å². The molecule has 0 aromatic carbocycles. The summed E-state index contributed by atoms with van der Waals surface area (Å²) in [7, 11) is 0. The first-order chi connectivity index (χ1) is 14.8. The number of hydrogen-bond donors (Lipinski definition) is 5. The molecule has 9 nitrogen and oxygen atoms in total. The zero-order valence-corrected chi connectivity index (χ0v) is 18.2. The Hall–Kier alpha value is -3.20. The number of nitrogens with one attached hydrogen (secondary N) is 4. The van der Waals surface area contributed by atoms with Crippen LogP contribution < -0.4 is 16.4 Å². The highest BCUT2D eigenvalue weighted by molar-refractivity contribution is 6.47. The van der Waals surface area contributed by atoms with E-state index < -0.39 is 5.91 Å². The number of aromatic amines is 1. The Kier molecular flexibility index (Phi) is 5.77. The average Bonchev–Trinajstić information content (AvgIpc) is 3.35. The van der Waals surface area contributed by atoms with Crippen LogP contribution in [0.2, 0.25) is 0 Å². The summed E-state index contributed by atoms with van der Waals surface area (Å²) in [5.41, 5.74) is 8.83. The van der Waals surface area contributed by atoms with Gasteiger partial charge in [0.25, 0.3) is 5.91 Å². The van der Waals surface area contributed by atoms with E-state index in [1.807, 2.05) is 12.3 Å². The van der Waals surface area contributed by atoms with Crippen LogP contribution in [0.25, 0.3) is 11.0 Å². The van der Waals surface area contributed by atoms with Crippen LogP contribution in [0.15, 0.2) is 34.7 Å². The van der Waals surface area contributed by atoms with Crippen molar-refractivity contribution in [3.05, 3.63) is 35.3 Å². The summed E-state index contributed by atoms with van der Waals surface area (Å²) in [6, 6.07) is 4.68. The van der Waals surface area contributed by atoms with Gasteiger partial charge in [-0.15, -0.1) is 0 Å². The summed E-state index contributed by atoms with van der Waals surface area (Å²) < 4.78 is 0. The van der Waals surface area contributed by atoms with Gasteiger partial charge in [-0.1, -0.05) is 0 Å². The van der Waals surface area contributed by atoms with Gasteiger partial charge in [0.2, 0.25) is 0 Å². The number of carbonyl (C=O) groups is 1. The van der Waals surface area contributed by atoms with Gasteiger partial charge in [0, 0.05) is 29.0 Å². The number of allylic oxidation sites excluding steroid dienone is 1. The van der Waals surface area contributed by atoms with Crippen molar-refractivity contribution < 1.29 is 4.79 Å². The van der Waals surface area contributed by atoms with Crippen molar-refractivity contribution >= 4 is 34.6 Å². The molecule has 2 aromatic rings.